The van der Waals surface area contributed by atoms with Crippen LogP contribution < -0.4 is 9.80 Å². The number of benzene rings is 2. The Morgan fingerprint density at radius 1 is 0.875 bits per heavy atom. The van der Waals surface area contributed by atoms with Crippen LogP contribution in [0.25, 0.3) is 0 Å². The highest BCUT2D eigenvalue weighted by Gasteiger charge is 2.51. The molecule has 0 radical (unpaired) electrons. The quantitative estimate of drug-likeness (QED) is 0.599. The number of hydrogen-bond acceptors (Lipinski definition) is 4. The fourth-order valence-electron chi connectivity index (χ4n) is 5.34. The highest BCUT2D eigenvalue weighted by molar-refractivity contribution is 6.10. The summed E-state index contributed by atoms with van der Waals surface area (Å²) in [5, 5.41) is 0. The van der Waals surface area contributed by atoms with Crippen LogP contribution >= 0.6 is 0 Å². The molecule has 0 N–H and O–H groups in total. The highest BCUT2D eigenvalue weighted by Crippen LogP contribution is 2.48. The fraction of sp³-hybridized carbons (Fsp3) is 0.333. The van der Waals surface area contributed by atoms with Gasteiger partial charge in [0.1, 0.15) is 5.41 Å². The number of aromatic nitrogens is 1. The molecular formula is C27H30N4O. The first-order chi connectivity index (χ1) is 15.7. The molecular weight excluding hydrogens is 396 g/mol. The molecule has 32 heavy (non-hydrogen) atoms. The Kier molecular flexibility index (Phi) is 5.66. The second-order valence-electron chi connectivity index (χ2n) is 8.62. The van der Waals surface area contributed by atoms with E-state index in [1.54, 1.807) is 0 Å². The maximum Gasteiger partial charge on any atom is 0.242 e. The first-order valence-corrected chi connectivity index (χ1v) is 11.6. The Bertz CT molecular complexity index is 1060. The first kappa shape index (κ1) is 20.7. The zero-order valence-electron chi connectivity index (χ0n) is 18.7. The lowest BCUT2D eigenvalue weighted by atomic mass is 9.72. The minimum Gasteiger partial charge on any atom is -0.369 e. The number of piperazine rings is 1. The molecule has 1 atom stereocenters. The highest BCUT2D eigenvalue weighted by atomic mass is 16.2. The summed E-state index contributed by atoms with van der Waals surface area (Å²) in [5.74, 6) is 0.211. The summed E-state index contributed by atoms with van der Waals surface area (Å²) in [6.45, 7) is 7.64. The van der Waals surface area contributed by atoms with E-state index in [0.717, 1.165) is 56.0 Å². The summed E-state index contributed by atoms with van der Waals surface area (Å²) in [6, 6.07) is 22.9. The molecule has 5 heteroatoms. The molecule has 3 heterocycles. The Balaban J connectivity index is 1.39. The van der Waals surface area contributed by atoms with Gasteiger partial charge in [-0.3, -0.25) is 14.7 Å². The third-order valence-electron chi connectivity index (χ3n) is 7.05. The maximum atomic E-state index is 13.9. The molecule has 1 saturated heterocycles. The largest absolute Gasteiger partial charge is 0.369 e. The first-order valence-electron chi connectivity index (χ1n) is 11.6. The monoisotopic (exact) mass is 426 g/mol. The van der Waals surface area contributed by atoms with Crippen LogP contribution in [0.5, 0.6) is 0 Å². The molecule has 2 aliphatic heterocycles. The Morgan fingerprint density at radius 3 is 2.28 bits per heavy atom. The number of carbonyl (C=O) groups is 1. The van der Waals surface area contributed by atoms with E-state index in [2.05, 4.69) is 76.3 Å². The van der Waals surface area contributed by atoms with E-state index in [1.807, 2.05) is 29.4 Å². The summed E-state index contributed by atoms with van der Waals surface area (Å²) in [4.78, 5) is 24.9. The van der Waals surface area contributed by atoms with Gasteiger partial charge in [0.15, 0.2) is 0 Å². The van der Waals surface area contributed by atoms with Crippen molar-refractivity contribution in [3.63, 3.8) is 0 Å². The molecule has 3 aromatic rings. The maximum absolute atomic E-state index is 13.9. The topological polar surface area (TPSA) is 39.7 Å². The van der Waals surface area contributed by atoms with Crippen molar-refractivity contribution in [1.29, 1.82) is 0 Å². The van der Waals surface area contributed by atoms with Crippen molar-refractivity contribution < 1.29 is 4.79 Å². The van der Waals surface area contributed by atoms with E-state index in [4.69, 9.17) is 0 Å². The minimum atomic E-state index is -0.615. The van der Waals surface area contributed by atoms with Crippen molar-refractivity contribution in [2.75, 3.05) is 49.1 Å². The van der Waals surface area contributed by atoms with Crippen LogP contribution in [-0.4, -0.2) is 55.1 Å². The molecule has 1 unspecified atom stereocenters. The van der Waals surface area contributed by atoms with Crippen LogP contribution in [0.3, 0.4) is 0 Å². The molecule has 2 aliphatic rings. The molecule has 0 spiro atoms. The molecule has 5 nitrogen and oxygen atoms in total. The summed E-state index contributed by atoms with van der Waals surface area (Å²) < 4.78 is 0. The SMILES string of the molecule is CCN1C(=O)C(CCN2CCN(c3ccncc3)CC2)(c2ccccc2)c2ccccc21. The van der Waals surface area contributed by atoms with E-state index >= 15 is 0 Å². The van der Waals surface area contributed by atoms with E-state index < -0.39 is 5.41 Å². The van der Waals surface area contributed by atoms with E-state index in [-0.39, 0.29) is 5.91 Å². The van der Waals surface area contributed by atoms with Gasteiger partial charge in [0.2, 0.25) is 5.91 Å². The number of likely N-dealkylation sites (N-methyl/N-ethyl adjacent to an activating group) is 1. The van der Waals surface area contributed by atoms with Gasteiger partial charge in [0.25, 0.3) is 0 Å². The number of hydrogen-bond donors (Lipinski definition) is 0. The van der Waals surface area contributed by atoms with Gasteiger partial charge in [-0.2, -0.15) is 0 Å². The summed E-state index contributed by atoms with van der Waals surface area (Å²) in [6.07, 6.45) is 4.50. The third-order valence-corrected chi connectivity index (χ3v) is 7.05. The van der Waals surface area contributed by atoms with Gasteiger partial charge in [-0.1, -0.05) is 48.5 Å². The standard InChI is InChI=1S/C27H30N4O/c1-2-31-25-11-7-6-10-24(25)27(26(31)32,22-8-4-3-5-9-22)14-17-29-18-20-30(21-19-29)23-12-15-28-16-13-23/h3-13,15-16H,2,14,17-21H2,1H3. The average molecular weight is 427 g/mol. The second-order valence-corrected chi connectivity index (χ2v) is 8.62. The number of carbonyl (C=O) groups excluding carboxylic acids is 1. The van der Waals surface area contributed by atoms with Gasteiger partial charge >= 0.3 is 0 Å². The number of fused-ring (bicyclic) bond motifs is 1. The van der Waals surface area contributed by atoms with Gasteiger partial charge in [-0.05, 0) is 49.2 Å². The summed E-state index contributed by atoms with van der Waals surface area (Å²) in [5.41, 5.74) is 3.93. The van der Waals surface area contributed by atoms with Crippen LogP contribution in [0.4, 0.5) is 11.4 Å². The molecule has 1 amide bonds. The van der Waals surface area contributed by atoms with Crippen LogP contribution in [0.15, 0.2) is 79.1 Å². The molecule has 1 aromatic heterocycles. The lowest BCUT2D eigenvalue weighted by Gasteiger charge is -2.38. The van der Waals surface area contributed by atoms with Crippen molar-refractivity contribution >= 4 is 17.3 Å². The van der Waals surface area contributed by atoms with Crippen molar-refractivity contribution in [2.24, 2.45) is 0 Å². The van der Waals surface area contributed by atoms with E-state index in [9.17, 15) is 4.79 Å². The Hall–Kier alpha value is -3.18. The zero-order valence-corrected chi connectivity index (χ0v) is 18.7. The van der Waals surface area contributed by atoms with E-state index in [1.165, 1.54) is 5.69 Å². The number of amides is 1. The van der Waals surface area contributed by atoms with Crippen molar-refractivity contribution in [1.82, 2.24) is 9.88 Å². The van der Waals surface area contributed by atoms with Crippen LogP contribution in [0.2, 0.25) is 0 Å². The van der Waals surface area contributed by atoms with Gasteiger partial charge < -0.3 is 9.80 Å². The smallest absolute Gasteiger partial charge is 0.242 e. The number of para-hydroxylation sites is 1. The zero-order chi connectivity index (χ0) is 22.0. The van der Waals surface area contributed by atoms with Crippen molar-refractivity contribution in [3.8, 4) is 0 Å². The number of pyridine rings is 1. The lowest BCUT2D eigenvalue weighted by molar-refractivity contribution is -0.122. The molecule has 0 saturated carbocycles. The predicted octanol–water partition coefficient (Wildman–Crippen LogP) is 3.95. The third kappa shape index (κ3) is 3.47. The predicted molar refractivity (Wildman–Crippen MR) is 129 cm³/mol. The molecule has 5 rings (SSSR count). The van der Waals surface area contributed by atoms with Gasteiger partial charge in [0.05, 0.1) is 0 Å². The van der Waals surface area contributed by atoms with Crippen molar-refractivity contribution in [3.05, 3.63) is 90.3 Å². The number of anilines is 2. The van der Waals surface area contributed by atoms with Gasteiger partial charge in [-0.15, -0.1) is 0 Å². The molecule has 2 aromatic carbocycles. The number of nitrogens with zero attached hydrogens (tertiary/aromatic N) is 4. The lowest BCUT2D eigenvalue weighted by Crippen LogP contribution is -2.49. The molecule has 0 aliphatic carbocycles. The Labute approximate surface area is 190 Å². The summed E-state index contributed by atoms with van der Waals surface area (Å²) in [7, 11) is 0. The van der Waals surface area contributed by atoms with Crippen LogP contribution in [-0.2, 0) is 10.2 Å². The average Bonchev–Trinajstić information content (AvgIpc) is 3.12. The van der Waals surface area contributed by atoms with Gasteiger partial charge in [0, 0.05) is 56.5 Å². The van der Waals surface area contributed by atoms with Gasteiger partial charge in [-0.25, -0.2) is 0 Å². The number of rotatable bonds is 6. The van der Waals surface area contributed by atoms with Crippen LogP contribution in [0, 0.1) is 0 Å². The molecule has 1 fully saturated rings. The normalized spacial score (nSPS) is 21.1. The van der Waals surface area contributed by atoms with E-state index in [0.29, 0.717) is 6.54 Å². The fourth-order valence-corrected chi connectivity index (χ4v) is 5.34. The Morgan fingerprint density at radius 2 is 1.56 bits per heavy atom. The molecule has 0 bridgehead atoms. The van der Waals surface area contributed by atoms with Crippen LogP contribution in [0.1, 0.15) is 24.5 Å². The second kappa shape index (κ2) is 8.75. The minimum absolute atomic E-state index is 0.211. The van der Waals surface area contributed by atoms with Crippen molar-refractivity contribution in [2.45, 2.75) is 18.8 Å². The molecule has 164 valence electrons. The summed E-state index contributed by atoms with van der Waals surface area (Å²) >= 11 is 0.